The summed E-state index contributed by atoms with van der Waals surface area (Å²) in [6.07, 6.45) is -1.95. The number of ether oxygens (including phenoxy) is 3. The van der Waals surface area contributed by atoms with Crippen molar-refractivity contribution in [2.75, 3.05) is 32.8 Å². The summed E-state index contributed by atoms with van der Waals surface area (Å²) in [5.74, 6) is -1.38. The van der Waals surface area contributed by atoms with Crippen molar-refractivity contribution in [1.82, 2.24) is 20.4 Å². The molecule has 336 valence electrons. The second-order valence-electron chi connectivity index (χ2n) is 19.2. The third-order valence-corrected chi connectivity index (χ3v) is 15.9. The van der Waals surface area contributed by atoms with E-state index >= 15 is 0 Å². The van der Waals surface area contributed by atoms with Gasteiger partial charge in [-0.15, -0.1) is 0 Å². The largest absolute Gasteiger partial charge is 0.480 e. The Morgan fingerprint density at radius 1 is 0.883 bits per heavy atom. The number of hydrogen-bond donors (Lipinski definition) is 3. The fourth-order valence-corrected chi connectivity index (χ4v) is 7.23. The zero-order chi connectivity index (χ0) is 45.5. The molecular formula is C43H70N4O11Si2. The van der Waals surface area contributed by atoms with E-state index in [1.54, 1.807) is 32.9 Å². The van der Waals surface area contributed by atoms with Crippen molar-refractivity contribution < 1.29 is 52.1 Å². The van der Waals surface area contributed by atoms with Crippen LogP contribution in [0.15, 0.2) is 60.7 Å². The van der Waals surface area contributed by atoms with Crippen molar-refractivity contribution in [1.29, 1.82) is 0 Å². The van der Waals surface area contributed by atoms with E-state index in [9.17, 15) is 29.1 Å². The van der Waals surface area contributed by atoms with Gasteiger partial charge >= 0.3 is 24.2 Å². The van der Waals surface area contributed by atoms with E-state index in [-0.39, 0.29) is 54.9 Å². The number of amides is 4. The number of piperazine rings is 1. The highest BCUT2D eigenvalue weighted by molar-refractivity contribution is 6.74. The van der Waals surface area contributed by atoms with Crippen molar-refractivity contribution in [3.05, 3.63) is 71.8 Å². The summed E-state index contributed by atoms with van der Waals surface area (Å²) < 4.78 is 28.5. The molecule has 0 radical (unpaired) electrons. The quantitative estimate of drug-likeness (QED) is 0.126. The van der Waals surface area contributed by atoms with E-state index in [0.29, 0.717) is 6.54 Å². The molecule has 0 aromatic heterocycles. The molecule has 17 heteroatoms. The molecule has 3 N–H and O–H groups in total. The van der Waals surface area contributed by atoms with Crippen LogP contribution in [0.25, 0.3) is 0 Å². The minimum atomic E-state index is -2.18. The van der Waals surface area contributed by atoms with Crippen molar-refractivity contribution >= 4 is 48.2 Å². The number of rotatable bonds is 15. The first-order valence-corrected chi connectivity index (χ1v) is 24.5. The predicted octanol–water partition coefficient (Wildman–Crippen LogP) is 6.85. The third-order valence-electron chi connectivity index (χ3n) is 9.65. The fourth-order valence-electron chi connectivity index (χ4n) is 5.17. The van der Waals surface area contributed by atoms with E-state index in [4.69, 9.17) is 23.1 Å². The summed E-state index contributed by atoms with van der Waals surface area (Å²) in [6.45, 7) is 26.0. The average molecular weight is 875 g/mol. The Labute approximate surface area is 360 Å². The maximum Gasteiger partial charge on any atom is 0.410 e. The zero-order valence-electron chi connectivity index (χ0n) is 38.0. The summed E-state index contributed by atoms with van der Waals surface area (Å²) >= 11 is 0. The molecule has 0 saturated carbocycles. The predicted molar refractivity (Wildman–Crippen MR) is 236 cm³/mol. The number of nitrogens with one attached hydrogen (secondary N) is 2. The lowest BCUT2D eigenvalue weighted by atomic mass is 9.97. The Morgan fingerprint density at radius 3 is 1.90 bits per heavy atom. The number of carbonyl (C=O) groups excluding carboxylic acids is 4. The molecule has 3 rings (SSSR count). The lowest BCUT2D eigenvalue weighted by Crippen LogP contribution is -2.63. The van der Waals surface area contributed by atoms with Gasteiger partial charge in [0.15, 0.2) is 18.1 Å². The van der Waals surface area contributed by atoms with Gasteiger partial charge in [-0.3, -0.25) is 19.4 Å². The van der Waals surface area contributed by atoms with E-state index in [0.717, 1.165) is 16.0 Å². The van der Waals surface area contributed by atoms with Crippen molar-refractivity contribution in [2.24, 2.45) is 0 Å². The van der Waals surface area contributed by atoms with Gasteiger partial charge < -0.3 is 38.8 Å². The lowest BCUT2D eigenvalue weighted by molar-refractivity contribution is -0.138. The fraction of sp³-hybridized carbons (Fsp3) is 0.605. The van der Waals surface area contributed by atoms with Gasteiger partial charge in [0.25, 0.3) is 0 Å². The van der Waals surface area contributed by atoms with Gasteiger partial charge in [0.2, 0.25) is 5.91 Å². The van der Waals surface area contributed by atoms with Crippen LogP contribution in [-0.2, 0) is 45.9 Å². The first-order valence-electron chi connectivity index (χ1n) is 20.3. The monoisotopic (exact) mass is 874 g/mol. The summed E-state index contributed by atoms with van der Waals surface area (Å²) in [5.41, 5.74) is 0.437. The highest BCUT2D eigenvalue weighted by Crippen LogP contribution is 2.36. The molecule has 0 spiro atoms. The second-order valence-corrected chi connectivity index (χ2v) is 26.7. The van der Waals surface area contributed by atoms with Gasteiger partial charge in [-0.05, 0) is 68.9 Å². The molecule has 4 amide bonds. The van der Waals surface area contributed by atoms with Crippen LogP contribution in [0, 0.1) is 0 Å². The van der Waals surface area contributed by atoms with Crippen LogP contribution in [0.2, 0.25) is 23.2 Å². The van der Waals surface area contributed by atoms with Gasteiger partial charge in [-0.1, -0.05) is 102 Å². The first-order chi connectivity index (χ1) is 27.6. The van der Waals surface area contributed by atoms with E-state index in [1.165, 1.54) is 4.90 Å². The molecule has 2 atom stereocenters. The smallest absolute Gasteiger partial charge is 0.410 e. The minimum Gasteiger partial charge on any atom is -0.480 e. The van der Waals surface area contributed by atoms with Crippen LogP contribution in [0.3, 0.4) is 0 Å². The van der Waals surface area contributed by atoms with Crippen LogP contribution >= 0.6 is 0 Å². The Morgan fingerprint density at radius 2 is 1.42 bits per heavy atom. The van der Waals surface area contributed by atoms with Crippen LogP contribution in [0.4, 0.5) is 14.4 Å². The maximum absolute atomic E-state index is 12.7. The van der Waals surface area contributed by atoms with Crippen molar-refractivity contribution in [2.45, 2.75) is 136 Å². The first kappa shape index (κ1) is 51.7. The van der Waals surface area contributed by atoms with Gasteiger partial charge in [0, 0.05) is 13.1 Å². The zero-order valence-corrected chi connectivity index (χ0v) is 40.4. The number of benzene rings is 2. The normalized spacial score (nSPS) is 15.6. The second kappa shape index (κ2) is 22.4. The van der Waals surface area contributed by atoms with Crippen LogP contribution < -0.4 is 10.6 Å². The highest BCUT2D eigenvalue weighted by atomic mass is 28.4. The number of nitrogens with zero attached hydrogens (tertiary/aromatic N) is 2. The summed E-state index contributed by atoms with van der Waals surface area (Å²) in [6, 6.07) is 17.6. The number of aliphatic carboxylic acids is 1. The third kappa shape index (κ3) is 19.7. The van der Waals surface area contributed by atoms with Crippen molar-refractivity contribution in [3.8, 4) is 0 Å². The number of carboxylic acids is 1. The summed E-state index contributed by atoms with van der Waals surface area (Å²) in [4.78, 5) is 63.6. The molecule has 2 unspecified atom stereocenters. The van der Waals surface area contributed by atoms with E-state index in [2.05, 4.69) is 65.3 Å². The molecule has 0 aliphatic carbocycles. The average Bonchev–Trinajstić information content (AvgIpc) is 3.13. The molecule has 1 aliphatic rings. The molecule has 1 heterocycles. The molecule has 15 nitrogen and oxygen atoms in total. The number of carboxylic acid groups (broad SMARTS) is 1. The van der Waals surface area contributed by atoms with Gasteiger partial charge in [0.05, 0.1) is 24.3 Å². The Bertz CT molecular complexity index is 1690. The van der Waals surface area contributed by atoms with Gasteiger partial charge in [0.1, 0.15) is 31.9 Å². The summed E-state index contributed by atoms with van der Waals surface area (Å²) in [7, 11) is -2.96. The lowest BCUT2D eigenvalue weighted by Gasteiger charge is -2.42. The topological polar surface area (TPSA) is 182 Å². The molecule has 1 fully saturated rings. The number of carbonyl (C=O) groups is 5. The van der Waals surface area contributed by atoms with Crippen LogP contribution in [-0.4, -0.2) is 119 Å². The Kier molecular flexibility index (Phi) is 19.3. The molecule has 2 aromatic carbocycles. The van der Waals surface area contributed by atoms with Gasteiger partial charge in [-0.25, -0.2) is 14.4 Å². The molecule has 1 saturated heterocycles. The van der Waals surface area contributed by atoms with Crippen molar-refractivity contribution in [3.63, 3.8) is 0 Å². The molecular weight excluding hydrogens is 805 g/mol. The highest BCUT2D eigenvalue weighted by Gasteiger charge is 2.40. The number of hydrogen-bond acceptors (Lipinski definition) is 10. The Balaban J connectivity index is 0.000000427. The molecule has 0 bridgehead atoms. The van der Waals surface area contributed by atoms with E-state index < -0.39 is 66.1 Å². The molecule has 1 aliphatic heterocycles. The van der Waals surface area contributed by atoms with E-state index in [1.807, 2.05) is 62.4 Å². The Hall–Kier alpha value is -4.46. The summed E-state index contributed by atoms with van der Waals surface area (Å²) in [5, 5.41) is 15.1. The minimum absolute atomic E-state index is 0.000419. The number of alkyl carbamates (subject to hydrolysis) is 1. The standard InChI is InChI=1S/C24H40N2O7Si.C19H30N2O4Si/c1-23(2,3)33-21(29)25-19(17-32-34(7,8)24(4,5)6)14-26(15-20(27)28)22(30)31-16-18-12-10-9-11-13-18;1-18(2,3)26-25-19(4,5)15-11-21(12-16(22)20-15)17(23)24-13-14-9-7-6-8-10-14/h9-13,19H,14-17H2,1-8H3,(H,25,29)(H,27,28);6-10,15H,11-13,26H2,1-5H3,(H,20,22). The molecule has 60 heavy (non-hydrogen) atoms. The van der Waals surface area contributed by atoms with Crippen LogP contribution in [0.5, 0.6) is 0 Å². The SMILES string of the molecule is CC(C)(C)OC(=O)NC(CO[Si](C)(C)C(C)(C)C)CN(CC(=O)O)C(=O)OCc1ccccc1.CC(C)(C)[SiH2]OC(C)(C)C1CN(C(=O)OCc2ccccc2)CC(=O)N1. The van der Waals surface area contributed by atoms with Crippen LogP contribution in [0.1, 0.15) is 87.3 Å². The maximum atomic E-state index is 12.7. The van der Waals surface area contributed by atoms with Gasteiger partial charge in [-0.2, -0.15) is 0 Å². The molecule has 2 aromatic rings.